The summed E-state index contributed by atoms with van der Waals surface area (Å²) in [7, 11) is 0. The van der Waals surface area contributed by atoms with Crippen molar-refractivity contribution in [1.82, 2.24) is 14.5 Å². The molecule has 226 valence electrons. The fraction of sp³-hybridized carbons (Fsp3) is 0.0909. The molecule has 0 radical (unpaired) electrons. The minimum atomic E-state index is -0.803. The van der Waals surface area contributed by atoms with E-state index in [4.69, 9.17) is 21.1 Å². The second kappa shape index (κ2) is 12.8. The summed E-state index contributed by atoms with van der Waals surface area (Å²) in [6.45, 7) is 1.91. The van der Waals surface area contributed by atoms with Crippen LogP contribution in [-0.4, -0.2) is 27.0 Å². The zero-order chi connectivity index (χ0) is 31.5. The molecule has 2 aromatic carbocycles. The van der Waals surface area contributed by atoms with E-state index < -0.39 is 23.1 Å². The second-order valence-electron chi connectivity index (χ2n) is 9.66. The van der Waals surface area contributed by atoms with E-state index in [1.54, 1.807) is 25.4 Å². The Hall–Kier alpha value is -5.13. The van der Waals surface area contributed by atoms with Gasteiger partial charge in [0, 0.05) is 48.0 Å². The number of anilines is 1. The van der Waals surface area contributed by atoms with Gasteiger partial charge in [0.2, 0.25) is 0 Å². The molecule has 4 heterocycles. The maximum absolute atomic E-state index is 15.3. The van der Waals surface area contributed by atoms with E-state index in [-0.39, 0.29) is 29.4 Å². The van der Waals surface area contributed by atoms with Gasteiger partial charge in [0.15, 0.2) is 11.6 Å². The number of pyridine rings is 3. The summed E-state index contributed by atoms with van der Waals surface area (Å²) >= 11 is 7.28. The maximum atomic E-state index is 15.3. The molecule has 1 amide bonds. The number of alkyl halides is 1. The van der Waals surface area contributed by atoms with Crippen LogP contribution >= 0.6 is 22.9 Å². The molecule has 0 spiro atoms. The lowest BCUT2D eigenvalue weighted by atomic mass is 10.2. The molecule has 45 heavy (non-hydrogen) atoms. The molecule has 6 rings (SSSR count). The number of carbonyl (C=O) groups excluding carboxylic acids is 1. The van der Waals surface area contributed by atoms with Gasteiger partial charge in [-0.05, 0) is 67.1 Å². The Kier molecular flexibility index (Phi) is 8.54. The lowest BCUT2D eigenvalue weighted by Crippen LogP contribution is -2.29. The first-order valence-corrected chi connectivity index (χ1v) is 15.0. The van der Waals surface area contributed by atoms with Gasteiger partial charge < -0.3 is 14.8 Å². The molecule has 0 saturated heterocycles. The lowest BCUT2D eigenvalue weighted by molar-refractivity contribution is 0.102. The predicted octanol–water partition coefficient (Wildman–Crippen LogP) is 7.97. The van der Waals surface area contributed by atoms with Gasteiger partial charge in [-0.3, -0.25) is 24.1 Å². The van der Waals surface area contributed by atoms with E-state index in [1.807, 2.05) is 18.2 Å². The first-order chi connectivity index (χ1) is 21.8. The number of carbonyl (C=O) groups is 1. The van der Waals surface area contributed by atoms with Crippen molar-refractivity contribution in [3.05, 3.63) is 125 Å². The van der Waals surface area contributed by atoms with Gasteiger partial charge in [-0.1, -0.05) is 6.07 Å². The molecule has 0 saturated carbocycles. The number of halogens is 3. The number of aromatic nitrogens is 3. The van der Waals surface area contributed by atoms with Gasteiger partial charge >= 0.3 is 0 Å². The normalized spacial score (nSPS) is 11.0. The SMILES string of the molecule is CCOc1ccn(-c2ccc(F)cc2)c(=O)c1C(=O)Nc1ccc(Oc2ccnc3cc(-c4ccc(CCl)cn4)sc23)c(F)c1. The third-order valence-corrected chi connectivity index (χ3v) is 8.17. The topological polar surface area (TPSA) is 95.3 Å². The number of nitrogens with zero attached hydrogens (tertiary/aromatic N) is 3. The Bertz CT molecular complexity index is 2080. The Balaban J connectivity index is 1.25. The van der Waals surface area contributed by atoms with Gasteiger partial charge in [0.1, 0.15) is 22.9 Å². The fourth-order valence-electron chi connectivity index (χ4n) is 4.55. The number of amides is 1. The zero-order valence-electron chi connectivity index (χ0n) is 23.6. The van der Waals surface area contributed by atoms with Crippen molar-refractivity contribution in [3.8, 4) is 33.5 Å². The summed E-state index contributed by atoms with van der Waals surface area (Å²) in [5, 5.41) is 2.57. The van der Waals surface area contributed by atoms with Crippen LogP contribution in [0.25, 0.3) is 26.5 Å². The summed E-state index contributed by atoms with van der Waals surface area (Å²) in [6, 6.07) is 17.9. The molecule has 1 N–H and O–H groups in total. The number of benzene rings is 2. The van der Waals surface area contributed by atoms with Crippen LogP contribution in [-0.2, 0) is 5.88 Å². The first kappa shape index (κ1) is 29.9. The third kappa shape index (κ3) is 6.26. The number of hydrogen-bond acceptors (Lipinski definition) is 7. The molecule has 0 aliphatic rings. The standard InChI is InChI=1S/C33H23ClF2N4O4S/c1-2-43-27-12-14-40(22-7-4-20(35)5-8-22)33(42)30(27)32(41)39-21-6-10-26(23(36)15-21)44-28-11-13-37-25-16-29(45-31(25)28)24-9-3-19(17-34)18-38-24/h3-16,18H,2,17H2,1H3,(H,39,41). The largest absolute Gasteiger partial charge is 0.493 e. The fourth-order valence-corrected chi connectivity index (χ4v) is 5.75. The minimum absolute atomic E-state index is 0.0565. The van der Waals surface area contributed by atoms with Gasteiger partial charge in [0.25, 0.3) is 11.5 Å². The van der Waals surface area contributed by atoms with Crippen molar-refractivity contribution in [2.75, 3.05) is 11.9 Å². The third-order valence-electron chi connectivity index (χ3n) is 6.70. The summed E-state index contributed by atoms with van der Waals surface area (Å²) in [6.07, 6.45) is 4.71. The van der Waals surface area contributed by atoms with E-state index in [9.17, 15) is 14.0 Å². The van der Waals surface area contributed by atoms with Crippen LogP contribution in [0.5, 0.6) is 17.2 Å². The maximum Gasteiger partial charge on any atom is 0.271 e. The average Bonchev–Trinajstić information content (AvgIpc) is 3.49. The molecule has 0 aliphatic carbocycles. The molecule has 0 atom stereocenters. The minimum Gasteiger partial charge on any atom is -0.493 e. The lowest BCUT2D eigenvalue weighted by Gasteiger charge is -2.14. The van der Waals surface area contributed by atoms with Crippen molar-refractivity contribution >= 4 is 44.7 Å². The number of ether oxygens (including phenoxy) is 2. The summed E-state index contributed by atoms with van der Waals surface area (Å²) in [5.41, 5.74) is 1.79. The molecule has 0 unspecified atom stereocenters. The van der Waals surface area contributed by atoms with E-state index >= 15 is 4.39 Å². The highest BCUT2D eigenvalue weighted by Gasteiger charge is 2.21. The Labute approximate surface area is 264 Å². The molecule has 12 heteroatoms. The molecule has 0 aliphatic heterocycles. The van der Waals surface area contributed by atoms with Crippen LogP contribution in [0.2, 0.25) is 0 Å². The van der Waals surface area contributed by atoms with Crippen LogP contribution in [0.4, 0.5) is 14.5 Å². The van der Waals surface area contributed by atoms with Gasteiger partial charge in [-0.15, -0.1) is 22.9 Å². The number of rotatable bonds is 9. The van der Waals surface area contributed by atoms with Gasteiger partial charge in [-0.25, -0.2) is 8.78 Å². The number of nitrogens with one attached hydrogen (secondary N) is 1. The van der Waals surface area contributed by atoms with Crippen molar-refractivity contribution in [3.63, 3.8) is 0 Å². The number of fused-ring (bicyclic) bond motifs is 1. The van der Waals surface area contributed by atoms with Crippen LogP contribution in [0.3, 0.4) is 0 Å². The highest BCUT2D eigenvalue weighted by atomic mass is 35.5. The molecule has 0 bridgehead atoms. The first-order valence-electron chi connectivity index (χ1n) is 13.7. The quantitative estimate of drug-likeness (QED) is 0.160. The van der Waals surface area contributed by atoms with E-state index in [0.29, 0.717) is 27.5 Å². The van der Waals surface area contributed by atoms with E-state index in [2.05, 4.69) is 15.3 Å². The highest BCUT2D eigenvalue weighted by molar-refractivity contribution is 7.22. The smallest absolute Gasteiger partial charge is 0.271 e. The number of thiophene rings is 1. The molecular formula is C33H23ClF2N4O4S. The summed E-state index contributed by atoms with van der Waals surface area (Å²) in [5.74, 6) is -1.27. The monoisotopic (exact) mass is 644 g/mol. The van der Waals surface area contributed by atoms with Gasteiger partial charge in [0.05, 0.1) is 27.4 Å². The Morgan fingerprint density at radius 1 is 0.978 bits per heavy atom. The summed E-state index contributed by atoms with van der Waals surface area (Å²) < 4.78 is 42.1. The molecule has 4 aromatic heterocycles. The van der Waals surface area contributed by atoms with Crippen LogP contribution in [0, 0.1) is 11.6 Å². The predicted molar refractivity (Wildman–Crippen MR) is 170 cm³/mol. The number of hydrogen-bond donors (Lipinski definition) is 1. The van der Waals surface area contributed by atoms with Crippen molar-refractivity contribution in [2.24, 2.45) is 0 Å². The Morgan fingerprint density at radius 3 is 2.51 bits per heavy atom. The van der Waals surface area contributed by atoms with Crippen LogP contribution in [0.15, 0.2) is 96.2 Å². The van der Waals surface area contributed by atoms with Crippen molar-refractivity contribution < 1.29 is 23.0 Å². The van der Waals surface area contributed by atoms with Crippen molar-refractivity contribution in [2.45, 2.75) is 12.8 Å². The van der Waals surface area contributed by atoms with E-state index in [1.165, 1.54) is 64.6 Å². The summed E-state index contributed by atoms with van der Waals surface area (Å²) in [4.78, 5) is 36.4. The molecular weight excluding hydrogens is 622 g/mol. The Morgan fingerprint density at radius 2 is 1.80 bits per heavy atom. The van der Waals surface area contributed by atoms with Crippen LogP contribution in [0.1, 0.15) is 22.8 Å². The highest BCUT2D eigenvalue weighted by Crippen LogP contribution is 2.39. The van der Waals surface area contributed by atoms with E-state index in [0.717, 1.165) is 22.2 Å². The molecule has 8 nitrogen and oxygen atoms in total. The zero-order valence-corrected chi connectivity index (χ0v) is 25.2. The second-order valence-corrected chi connectivity index (χ2v) is 11.0. The van der Waals surface area contributed by atoms with Gasteiger partial charge in [-0.2, -0.15) is 0 Å². The average molecular weight is 645 g/mol. The van der Waals surface area contributed by atoms with Crippen LogP contribution < -0.4 is 20.3 Å². The molecule has 0 fully saturated rings. The van der Waals surface area contributed by atoms with Crippen molar-refractivity contribution in [1.29, 1.82) is 0 Å². The molecule has 6 aromatic rings.